The molecule has 0 fully saturated rings. The van der Waals surface area contributed by atoms with Gasteiger partial charge in [0, 0.05) is 17.9 Å². The molecule has 0 atom stereocenters. The number of hydrogen-bond acceptors (Lipinski definition) is 1. The molecule has 0 N–H and O–H groups in total. The van der Waals surface area contributed by atoms with Gasteiger partial charge in [-0.3, -0.25) is 4.98 Å². The van der Waals surface area contributed by atoms with Crippen molar-refractivity contribution in [2.75, 3.05) is 5.33 Å². The lowest BCUT2D eigenvalue weighted by molar-refractivity contribution is 1.05. The Bertz CT molecular complexity index is 215. The molecule has 0 aliphatic heterocycles. The second-order valence-electron chi connectivity index (χ2n) is 1.87. The van der Waals surface area contributed by atoms with Crippen LogP contribution in [0.2, 0.25) is 5.02 Å². The SMILES string of the molecule is Clc1cccnc1CCBr. The fraction of sp³-hybridized carbons (Fsp3) is 0.286. The van der Waals surface area contributed by atoms with Crippen LogP contribution in [0.1, 0.15) is 5.69 Å². The first-order chi connectivity index (χ1) is 4.84. The first kappa shape index (κ1) is 8.02. The number of hydrogen-bond donors (Lipinski definition) is 0. The molecule has 0 bridgehead atoms. The Kier molecular flexibility index (Phi) is 3.16. The average Bonchev–Trinajstić information content (AvgIpc) is 1.94. The monoisotopic (exact) mass is 219 g/mol. The minimum Gasteiger partial charge on any atom is -0.260 e. The van der Waals surface area contributed by atoms with Crippen LogP contribution in [0.15, 0.2) is 18.3 Å². The highest BCUT2D eigenvalue weighted by atomic mass is 79.9. The molecule has 0 unspecified atom stereocenters. The summed E-state index contributed by atoms with van der Waals surface area (Å²) in [5.41, 5.74) is 0.959. The number of pyridine rings is 1. The molecule has 0 spiro atoms. The van der Waals surface area contributed by atoms with E-state index in [1.54, 1.807) is 6.20 Å². The van der Waals surface area contributed by atoms with Crippen molar-refractivity contribution in [3.63, 3.8) is 0 Å². The third kappa shape index (κ3) is 1.96. The van der Waals surface area contributed by atoms with E-state index in [1.807, 2.05) is 12.1 Å². The van der Waals surface area contributed by atoms with Gasteiger partial charge in [-0.1, -0.05) is 27.5 Å². The van der Waals surface area contributed by atoms with Crippen molar-refractivity contribution in [1.82, 2.24) is 4.98 Å². The van der Waals surface area contributed by atoms with E-state index in [0.29, 0.717) is 0 Å². The van der Waals surface area contributed by atoms with Crippen LogP contribution in [-0.4, -0.2) is 10.3 Å². The maximum Gasteiger partial charge on any atom is 0.0621 e. The third-order valence-corrected chi connectivity index (χ3v) is 1.91. The van der Waals surface area contributed by atoms with Gasteiger partial charge in [0.05, 0.1) is 10.7 Å². The summed E-state index contributed by atoms with van der Waals surface area (Å²) in [6.45, 7) is 0. The van der Waals surface area contributed by atoms with Crippen LogP contribution in [0.25, 0.3) is 0 Å². The first-order valence-corrected chi connectivity index (χ1v) is 4.50. The second kappa shape index (κ2) is 3.94. The summed E-state index contributed by atoms with van der Waals surface area (Å²) in [6, 6.07) is 3.69. The van der Waals surface area contributed by atoms with Crippen molar-refractivity contribution >= 4 is 27.5 Å². The maximum atomic E-state index is 5.82. The Morgan fingerprint density at radius 1 is 1.60 bits per heavy atom. The molecule has 0 saturated heterocycles. The minimum atomic E-state index is 0.752. The number of aryl methyl sites for hydroxylation is 1. The lowest BCUT2D eigenvalue weighted by Crippen LogP contribution is -1.90. The van der Waals surface area contributed by atoms with E-state index in [1.165, 1.54) is 0 Å². The third-order valence-electron chi connectivity index (χ3n) is 1.17. The quantitative estimate of drug-likeness (QED) is 0.699. The molecular formula is C7H7BrClN. The van der Waals surface area contributed by atoms with Crippen molar-refractivity contribution in [2.45, 2.75) is 6.42 Å². The molecule has 1 aromatic rings. The molecule has 3 heteroatoms. The molecule has 0 aromatic carbocycles. The smallest absolute Gasteiger partial charge is 0.0621 e. The van der Waals surface area contributed by atoms with E-state index in [-0.39, 0.29) is 0 Å². The van der Waals surface area contributed by atoms with Crippen molar-refractivity contribution in [1.29, 1.82) is 0 Å². The Balaban J connectivity index is 2.81. The van der Waals surface area contributed by atoms with Crippen LogP contribution in [0.4, 0.5) is 0 Å². The number of rotatable bonds is 2. The van der Waals surface area contributed by atoms with Crippen molar-refractivity contribution in [3.8, 4) is 0 Å². The summed E-state index contributed by atoms with van der Waals surface area (Å²) in [6.07, 6.45) is 2.64. The number of aromatic nitrogens is 1. The van der Waals surface area contributed by atoms with Gasteiger partial charge < -0.3 is 0 Å². The predicted molar refractivity (Wildman–Crippen MR) is 46.7 cm³/mol. The highest BCUT2D eigenvalue weighted by Gasteiger charge is 1.97. The Morgan fingerprint density at radius 2 is 2.40 bits per heavy atom. The van der Waals surface area contributed by atoms with Gasteiger partial charge in [0.1, 0.15) is 0 Å². The highest BCUT2D eigenvalue weighted by Crippen LogP contribution is 2.12. The summed E-state index contributed by atoms with van der Waals surface area (Å²) in [7, 11) is 0. The van der Waals surface area contributed by atoms with Gasteiger partial charge in [-0.05, 0) is 12.1 Å². The van der Waals surface area contributed by atoms with Crippen molar-refractivity contribution < 1.29 is 0 Å². The fourth-order valence-electron chi connectivity index (χ4n) is 0.692. The van der Waals surface area contributed by atoms with Crippen LogP contribution in [-0.2, 0) is 6.42 Å². The van der Waals surface area contributed by atoms with E-state index in [2.05, 4.69) is 20.9 Å². The second-order valence-corrected chi connectivity index (χ2v) is 3.07. The lowest BCUT2D eigenvalue weighted by Gasteiger charge is -1.97. The van der Waals surface area contributed by atoms with Crippen LogP contribution < -0.4 is 0 Å². The molecule has 0 aliphatic carbocycles. The van der Waals surface area contributed by atoms with Gasteiger partial charge in [-0.15, -0.1) is 0 Å². The zero-order chi connectivity index (χ0) is 7.40. The van der Waals surface area contributed by atoms with E-state index in [0.717, 1.165) is 22.5 Å². The Morgan fingerprint density at radius 3 is 3.00 bits per heavy atom. The van der Waals surface area contributed by atoms with Gasteiger partial charge in [0.2, 0.25) is 0 Å². The van der Waals surface area contributed by atoms with E-state index in [4.69, 9.17) is 11.6 Å². The summed E-state index contributed by atoms with van der Waals surface area (Å²) < 4.78 is 0. The van der Waals surface area contributed by atoms with Gasteiger partial charge in [0.25, 0.3) is 0 Å². The van der Waals surface area contributed by atoms with Gasteiger partial charge in [0.15, 0.2) is 0 Å². The normalized spacial score (nSPS) is 9.80. The topological polar surface area (TPSA) is 12.9 Å². The molecule has 1 nitrogen and oxygen atoms in total. The molecule has 0 saturated carbocycles. The van der Waals surface area contributed by atoms with Gasteiger partial charge in [-0.2, -0.15) is 0 Å². The maximum absolute atomic E-state index is 5.82. The zero-order valence-corrected chi connectivity index (χ0v) is 7.69. The number of halogens is 2. The summed E-state index contributed by atoms with van der Waals surface area (Å²) in [5.74, 6) is 0. The van der Waals surface area contributed by atoms with Crippen molar-refractivity contribution in [3.05, 3.63) is 29.0 Å². The summed E-state index contributed by atoms with van der Waals surface area (Å²) in [5, 5.41) is 1.66. The molecule has 10 heavy (non-hydrogen) atoms. The Hall–Kier alpha value is -0.0800. The number of nitrogens with zero attached hydrogens (tertiary/aromatic N) is 1. The summed E-state index contributed by atoms with van der Waals surface area (Å²) in [4.78, 5) is 4.11. The summed E-state index contributed by atoms with van der Waals surface area (Å²) >= 11 is 9.14. The molecule has 1 heterocycles. The van der Waals surface area contributed by atoms with Crippen LogP contribution in [0.5, 0.6) is 0 Å². The van der Waals surface area contributed by atoms with Crippen LogP contribution in [0, 0.1) is 0 Å². The Labute approximate surface area is 73.6 Å². The molecule has 0 aliphatic rings. The van der Waals surface area contributed by atoms with E-state index < -0.39 is 0 Å². The molecule has 0 amide bonds. The molecular weight excluding hydrogens is 213 g/mol. The average molecular weight is 220 g/mol. The van der Waals surface area contributed by atoms with E-state index in [9.17, 15) is 0 Å². The minimum absolute atomic E-state index is 0.752. The fourth-order valence-corrected chi connectivity index (χ4v) is 1.28. The lowest BCUT2D eigenvalue weighted by atomic mass is 10.3. The standard InChI is InChI=1S/C7H7BrClN/c8-4-3-7-6(9)2-1-5-10-7/h1-2,5H,3-4H2. The van der Waals surface area contributed by atoms with Gasteiger partial charge in [-0.25, -0.2) is 0 Å². The van der Waals surface area contributed by atoms with E-state index >= 15 is 0 Å². The molecule has 1 rings (SSSR count). The van der Waals surface area contributed by atoms with Gasteiger partial charge >= 0.3 is 0 Å². The largest absolute Gasteiger partial charge is 0.260 e. The molecule has 1 aromatic heterocycles. The highest BCUT2D eigenvalue weighted by molar-refractivity contribution is 9.09. The number of alkyl halides is 1. The molecule has 0 radical (unpaired) electrons. The van der Waals surface area contributed by atoms with Crippen molar-refractivity contribution in [2.24, 2.45) is 0 Å². The van der Waals surface area contributed by atoms with Crippen LogP contribution >= 0.6 is 27.5 Å². The predicted octanol–water partition coefficient (Wildman–Crippen LogP) is 2.67. The first-order valence-electron chi connectivity index (χ1n) is 3.00. The molecule has 54 valence electrons. The van der Waals surface area contributed by atoms with Crippen LogP contribution in [0.3, 0.4) is 0 Å². The zero-order valence-electron chi connectivity index (χ0n) is 5.35.